The molecule has 0 aromatic rings. The molecule has 610 valence electrons. The van der Waals surface area contributed by atoms with Gasteiger partial charge >= 0.3 is 6.18 Å². The molecule has 2 bridgehead atoms. The first-order valence-corrected chi connectivity index (χ1v) is 40.0. The van der Waals surface area contributed by atoms with E-state index < -0.39 is 186 Å². The van der Waals surface area contributed by atoms with Gasteiger partial charge in [0.2, 0.25) is 70.9 Å². The van der Waals surface area contributed by atoms with Crippen molar-refractivity contribution in [3.05, 3.63) is 12.2 Å². The van der Waals surface area contributed by atoms with Gasteiger partial charge in [0.15, 0.2) is 0 Å². The zero-order valence-electron chi connectivity index (χ0n) is 68.0. The lowest BCUT2D eigenvalue weighted by molar-refractivity contribution is -0.184. The van der Waals surface area contributed by atoms with Crippen molar-refractivity contribution in [3.8, 4) is 0 Å². The van der Waals surface area contributed by atoms with Crippen LogP contribution in [0.4, 0.5) is 13.2 Å². The summed E-state index contributed by atoms with van der Waals surface area (Å²) in [6.45, 7) is 17.0. The predicted molar refractivity (Wildman–Crippen MR) is 402 cm³/mol. The molecule has 4 heterocycles. The molecule has 7 rings (SSSR count). The van der Waals surface area contributed by atoms with Gasteiger partial charge in [0.25, 0.3) is 0 Å². The molecular formula is C79H130F3N13O13. The van der Waals surface area contributed by atoms with E-state index in [9.17, 15) is 37.1 Å². The van der Waals surface area contributed by atoms with Crippen LogP contribution in [0.25, 0.3) is 0 Å². The highest BCUT2D eigenvalue weighted by Crippen LogP contribution is 2.50. The Hall–Kier alpha value is -6.91. The van der Waals surface area contributed by atoms with Crippen LogP contribution in [0.3, 0.4) is 0 Å². The topological polar surface area (TPSA) is 283 Å². The van der Waals surface area contributed by atoms with Crippen molar-refractivity contribution in [2.75, 3.05) is 103 Å². The standard InChI is InChI=1S/C79H130F3N13O13/c1-19-27-57-68(99)84-66(48(6)20-2)74(105)89(14)45-65(98)91(16)58-28-25-24-26-37-94(73(58)104)62(39-50-29-33-53(34-30-50)79(80,81)82)72(103)88(13)44-63(96)83-56(36-32-51-31-35-55-49(7)42-87(12)59(55)38-51)70(101)95-43-54(108-23-5)40-60(95)69(100)85-78(46-77(8,9)47-78)76(107)93(18)67(52(21-3)22-4)75(106)92(17)61(71(102)86(10)11)41-64(97)90(57)15/h24-25,48-62,66-67H,19-23,26-47H2,1-18H3,(H,83,96)(H,84,99)(H,85,100)/b25-24-/t48-,49?,50?,51?,53?,54+,55?,56-,57-,58-,59?,60-,61-,62-,66-,67-/m0/s1. The fraction of sp³-hybridized carbons (Fsp3) is 0.823. The van der Waals surface area contributed by atoms with Crippen molar-refractivity contribution in [2.45, 2.75) is 269 Å². The van der Waals surface area contributed by atoms with Gasteiger partial charge in [0.05, 0.1) is 31.5 Å². The van der Waals surface area contributed by atoms with E-state index in [1.807, 2.05) is 41.5 Å². The van der Waals surface area contributed by atoms with Crippen LogP contribution in [0, 0.1) is 46.8 Å². The molecule has 26 nitrogen and oxygen atoms in total. The SMILES string of the molecule is CCC[C@H]1C(=O)N[C@@H]([C@@H](C)CC)C(=O)N(C)CC(=O)N(C)[C@H]2C/C=C\CCN(C2=O)[C@@H](CC2CCC(C(F)(F)F)CC2)C(=O)N(C)CC(=O)N[C@@H](CCC2CCC3C(C)CN(C)C3C2)C(=O)N2C[C@H](OCC)C[C@H]2C(=O)NC2(CC(C)(C)C2)C(=O)N(C)[C@@H](C(CC)CC)C(=O)N(C)[C@H](C(=O)N(C)C)CC(=O)N1C. The van der Waals surface area contributed by atoms with Gasteiger partial charge in [-0.2, -0.15) is 13.2 Å². The van der Waals surface area contributed by atoms with Crippen molar-refractivity contribution in [1.29, 1.82) is 0 Å². The summed E-state index contributed by atoms with van der Waals surface area (Å²) in [5.41, 5.74) is -2.13. The van der Waals surface area contributed by atoms with Crippen molar-refractivity contribution >= 4 is 70.9 Å². The molecule has 0 aromatic heterocycles. The lowest BCUT2D eigenvalue weighted by atomic mass is 9.58. The Labute approximate surface area is 639 Å². The summed E-state index contributed by atoms with van der Waals surface area (Å²) >= 11 is 0. The average molecular weight is 1530 g/mol. The second-order valence-corrected chi connectivity index (χ2v) is 33.9. The first-order chi connectivity index (χ1) is 50.7. The molecule has 6 fully saturated rings. The number of nitrogens with one attached hydrogen (secondary N) is 3. The highest BCUT2D eigenvalue weighted by Gasteiger charge is 2.59. The third-order valence-electron chi connectivity index (χ3n) is 25.4. The van der Waals surface area contributed by atoms with Crippen LogP contribution < -0.4 is 16.0 Å². The number of ether oxygens (including phenoxy) is 1. The molecular weight excluding hydrogens is 1400 g/mol. The molecule has 108 heavy (non-hydrogen) atoms. The largest absolute Gasteiger partial charge is 0.391 e. The highest BCUT2D eigenvalue weighted by atomic mass is 19.4. The molecule has 4 unspecified atom stereocenters. The maximum absolute atomic E-state index is 15.9. The van der Waals surface area contributed by atoms with Crippen molar-refractivity contribution < 1.29 is 75.4 Å². The Morgan fingerprint density at radius 2 is 1.30 bits per heavy atom. The van der Waals surface area contributed by atoms with Gasteiger partial charge in [-0.3, -0.25) is 57.5 Å². The fourth-order valence-electron chi connectivity index (χ4n) is 18.8. The molecule has 3 aliphatic carbocycles. The van der Waals surface area contributed by atoms with Gasteiger partial charge < -0.3 is 69.7 Å². The predicted octanol–water partition coefficient (Wildman–Crippen LogP) is 6.09. The summed E-state index contributed by atoms with van der Waals surface area (Å²) < 4.78 is 48.8. The molecule has 12 amide bonds. The Morgan fingerprint density at radius 1 is 0.657 bits per heavy atom. The van der Waals surface area contributed by atoms with Crippen LogP contribution in [-0.4, -0.2) is 295 Å². The quantitative estimate of drug-likeness (QED) is 0.157. The van der Waals surface area contributed by atoms with Gasteiger partial charge in [0.1, 0.15) is 53.9 Å². The molecule has 3 N–H and O–H groups in total. The minimum absolute atomic E-state index is 0.0200. The minimum atomic E-state index is -4.43. The van der Waals surface area contributed by atoms with Gasteiger partial charge in [-0.05, 0) is 145 Å². The van der Waals surface area contributed by atoms with E-state index in [-0.39, 0.29) is 103 Å². The van der Waals surface area contributed by atoms with Crippen LogP contribution in [0.15, 0.2) is 12.2 Å². The number of hydrogen-bond acceptors (Lipinski definition) is 14. The van der Waals surface area contributed by atoms with Crippen LogP contribution in [0.2, 0.25) is 0 Å². The van der Waals surface area contributed by atoms with E-state index in [1.165, 1.54) is 90.7 Å². The van der Waals surface area contributed by atoms with Crippen molar-refractivity contribution in [1.82, 2.24) is 64.9 Å². The highest BCUT2D eigenvalue weighted by molar-refractivity contribution is 6.01. The van der Waals surface area contributed by atoms with Crippen LogP contribution in [-0.2, 0) is 62.3 Å². The number of halogens is 3. The first kappa shape index (κ1) is 88.3. The van der Waals surface area contributed by atoms with Crippen molar-refractivity contribution in [3.63, 3.8) is 0 Å². The first-order valence-electron chi connectivity index (χ1n) is 40.0. The van der Waals surface area contributed by atoms with Crippen molar-refractivity contribution in [2.24, 2.45) is 46.8 Å². The number of likely N-dealkylation sites (N-methyl/N-ethyl adjacent to an activating group) is 7. The van der Waals surface area contributed by atoms with E-state index in [4.69, 9.17) is 4.74 Å². The van der Waals surface area contributed by atoms with E-state index in [1.54, 1.807) is 26.0 Å². The zero-order valence-corrected chi connectivity index (χ0v) is 68.0. The number of likely N-dealkylation sites (tertiary alicyclic amines) is 1. The third kappa shape index (κ3) is 20.8. The smallest absolute Gasteiger partial charge is 0.377 e. The zero-order chi connectivity index (χ0) is 80.4. The Kier molecular flexibility index (Phi) is 31.0. The van der Waals surface area contributed by atoms with Crippen LogP contribution in [0.5, 0.6) is 0 Å². The van der Waals surface area contributed by atoms with E-state index in [2.05, 4.69) is 34.8 Å². The minimum Gasteiger partial charge on any atom is -0.377 e. The van der Waals surface area contributed by atoms with E-state index in [0.717, 1.165) is 35.6 Å². The number of nitrogens with zero attached hydrogens (tertiary/aromatic N) is 10. The average Bonchev–Trinajstić information content (AvgIpc) is 0.866. The fourth-order valence-corrected chi connectivity index (χ4v) is 18.8. The lowest BCUT2D eigenvalue weighted by Gasteiger charge is -2.54. The molecule has 14 atom stereocenters. The van der Waals surface area contributed by atoms with Gasteiger partial charge in [-0.1, -0.05) is 99.6 Å². The van der Waals surface area contributed by atoms with Crippen LogP contribution in [0.1, 0.15) is 197 Å². The Bertz CT molecular complexity index is 3230. The van der Waals surface area contributed by atoms with Gasteiger partial charge in [-0.25, -0.2) is 0 Å². The number of carbonyl (C=O) groups is 12. The molecule has 1 spiro atoms. The Balaban J connectivity index is 1.33. The molecule has 0 aromatic carbocycles. The second-order valence-electron chi connectivity index (χ2n) is 33.9. The monoisotopic (exact) mass is 1530 g/mol. The maximum Gasteiger partial charge on any atom is 0.391 e. The molecule has 3 saturated heterocycles. The number of amides is 12. The number of rotatable bonds is 15. The summed E-state index contributed by atoms with van der Waals surface area (Å²) in [5.74, 6) is -9.83. The Morgan fingerprint density at radius 3 is 1.89 bits per heavy atom. The summed E-state index contributed by atoms with van der Waals surface area (Å²) in [4.78, 5) is 196. The summed E-state index contributed by atoms with van der Waals surface area (Å²) in [7, 11) is 13.6. The third-order valence-corrected chi connectivity index (χ3v) is 25.4. The normalized spacial score (nSPS) is 32.1. The van der Waals surface area contributed by atoms with Gasteiger partial charge in [0, 0.05) is 95.1 Å². The van der Waals surface area contributed by atoms with E-state index in [0.29, 0.717) is 50.0 Å². The molecule has 4 aliphatic heterocycles. The maximum atomic E-state index is 15.9. The van der Waals surface area contributed by atoms with Gasteiger partial charge in [-0.15, -0.1) is 0 Å². The second kappa shape index (κ2) is 37.9. The molecule has 0 radical (unpaired) electrons. The number of fused-ring (bicyclic) bond motifs is 4. The summed E-state index contributed by atoms with van der Waals surface area (Å²) in [6.07, 6.45) is 3.17. The summed E-state index contributed by atoms with van der Waals surface area (Å²) in [5, 5.41) is 9.01. The summed E-state index contributed by atoms with van der Waals surface area (Å²) in [6, 6.07) is -9.92. The number of alkyl halides is 3. The molecule has 7 aliphatic rings. The number of hydrogen-bond donors (Lipinski definition) is 3. The lowest BCUT2D eigenvalue weighted by Crippen LogP contribution is -2.71. The van der Waals surface area contributed by atoms with Crippen LogP contribution >= 0.6 is 0 Å². The number of carbonyl (C=O) groups excluding carboxylic acids is 12. The molecule has 29 heteroatoms. The van der Waals surface area contributed by atoms with E-state index >= 15 is 33.6 Å². The molecule has 3 saturated carbocycles.